The van der Waals surface area contributed by atoms with E-state index in [0.29, 0.717) is 12.6 Å². The van der Waals surface area contributed by atoms with Crippen LogP contribution in [0.5, 0.6) is 0 Å². The molecule has 0 spiro atoms. The molecule has 6 nitrogen and oxygen atoms in total. The summed E-state index contributed by atoms with van der Waals surface area (Å²) in [6, 6.07) is 0.247. The minimum Gasteiger partial charge on any atom is -0.378 e. The highest BCUT2D eigenvalue weighted by atomic mass is 16.5. The summed E-state index contributed by atoms with van der Waals surface area (Å²) >= 11 is 0. The van der Waals surface area contributed by atoms with Crippen LogP contribution in [0.15, 0.2) is 0 Å². The Bertz CT molecular complexity index is 479. The average Bonchev–Trinajstić information content (AvgIpc) is 2.75. The molecule has 0 bridgehead atoms. The Morgan fingerprint density at radius 1 is 0.857 bits per heavy atom. The second kappa shape index (κ2) is 11.6. The quantitative estimate of drug-likeness (QED) is 0.649. The molecule has 1 saturated heterocycles. The van der Waals surface area contributed by atoms with Crippen molar-refractivity contribution in [2.24, 2.45) is 5.92 Å². The van der Waals surface area contributed by atoms with Gasteiger partial charge >= 0.3 is 6.03 Å². The summed E-state index contributed by atoms with van der Waals surface area (Å²) in [5.41, 5.74) is 0. The summed E-state index contributed by atoms with van der Waals surface area (Å²) in [5, 5.41) is 6.24. The highest BCUT2D eigenvalue weighted by Gasteiger charge is 2.27. The van der Waals surface area contributed by atoms with E-state index in [9.17, 15) is 9.59 Å². The number of nitrogens with one attached hydrogen (secondary N) is 2. The monoisotopic (exact) mass is 393 g/mol. The lowest BCUT2D eigenvalue weighted by Gasteiger charge is -2.33. The number of carbonyl (C=O) groups is 2. The van der Waals surface area contributed by atoms with Crippen molar-refractivity contribution < 1.29 is 14.3 Å². The van der Waals surface area contributed by atoms with Crippen LogP contribution in [0.4, 0.5) is 4.79 Å². The topological polar surface area (TPSA) is 70.7 Å². The van der Waals surface area contributed by atoms with Gasteiger partial charge in [-0.25, -0.2) is 4.79 Å². The van der Waals surface area contributed by atoms with E-state index < -0.39 is 0 Å². The SMILES string of the molecule is O=C(NC1CCN(C(=O)NCCCOC2CCCCC2)CC1)C1CCCCC1. The van der Waals surface area contributed by atoms with Crippen LogP contribution in [-0.2, 0) is 9.53 Å². The fourth-order valence-corrected chi connectivity index (χ4v) is 4.77. The van der Waals surface area contributed by atoms with Crippen molar-refractivity contribution in [1.82, 2.24) is 15.5 Å². The van der Waals surface area contributed by atoms with Crippen molar-refractivity contribution in [1.29, 1.82) is 0 Å². The third-order valence-electron chi connectivity index (χ3n) is 6.61. The summed E-state index contributed by atoms with van der Waals surface area (Å²) in [5.74, 6) is 0.450. The van der Waals surface area contributed by atoms with E-state index in [2.05, 4.69) is 10.6 Å². The normalized spacial score (nSPS) is 22.8. The van der Waals surface area contributed by atoms with Crippen LogP contribution < -0.4 is 10.6 Å². The maximum absolute atomic E-state index is 12.4. The van der Waals surface area contributed by atoms with Gasteiger partial charge in [-0.2, -0.15) is 0 Å². The van der Waals surface area contributed by atoms with E-state index in [4.69, 9.17) is 4.74 Å². The van der Waals surface area contributed by atoms with E-state index in [-0.39, 0.29) is 23.9 Å². The van der Waals surface area contributed by atoms with Crippen LogP contribution in [0.3, 0.4) is 0 Å². The molecule has 0 aromatic carbocycles. The molecule has 1 aliphatic heterocycles. The summed E-state index contributed by atoms with van der Waals surface area (Å²) in [4.78, 5) is 26.6. The maximum Gasteiger partial charge on any atom is 0.317 e. The van der Waals surface area contributed by atoms with E-state index in [0.717, 1.165) is 51.8 Å². The lowest BCUT2D eigenvalue weighted by molar-refractivity contribution is -0.126. The van der Waals surface area contributed by atoms with Crippen molar-refractivity contribution in [3.05, 3.63) is 0 Å². The van der Waals surface area contributed by atoms with Crippen LogP contribution in [0.1, 0.15) is 83.5 Å². The molecule has 0 aromatic heterocycles. The van der Waals surface area contributed by atoms with Gasteiger partial charge in [-0.05, 0) is 44.9 Å². The first-order valence-corrected chi connectivity index (χ1v) is 11.7. The Morgan fingerprint density at radius 2 is 1.50 bits per heavy atom. The third-order valence-corrected chi connectivity index (χ3v) is 6.61. The van der Waals surface area contributed by atoms with Crippen molar-refractivity contribution >= 4 is 11.9 Å². The number of amides is 3. The van der Waals surface area contributed by atoms with Gasteiger partial charge in [-0.1, -0.05) is 38.5 Å². The van der Waals surface area contributed by atoms with E-state index in [1.165, 1.54) is 51.4 Å². The molecule has 1 heterocycles. The van der Waals surface area contributed by atoms with E-state index in [1.807, 2.05) is 4.90 Å². The second-order valence-electron chi connectivity index (χ2n) is 8.82. The number of likely N-dealkylation sites (tertiary alicyclic amines) is 1. The number of hydrogen-bond donors (Lipinski definition) is 2. The van der Waals surface area contributed by atoms with E-state index in [1.54, 1.807) is 0 Å². The molecule has 6 heteroatoms. The largest absolute Gasteiger partial charge is 0.378 e. The number of urea groups is 1. The Labute approximate surface area is 170 Å². The fraction of sp³-hybridized carbons (Fsp3) is 0.909. The zero-order chi connectivity index (χ0) is 19.6. The highest BCUT2D eigenvalue weighted by molar-refractivity contribution is 5.79. The predicted octanol–water partition coefficient (Wildman–Crippen LogP) is 3.60. The van der Waals surface area contributed by atoms with Crippen molar-refractivity contribution in [3.8, 4) is 0 Å². The number of piperidine rings is 1. The zero-order valence-corrected chi connectivity index (χ0v) is 17.4. The van der Waals surface area contributed by atoms with Crippen LogP contribution in [-0.4, -0.2) is 55.2 Å². The standard InChI is InChI=1S/C22H39N3O3/c26-21(18-8-3-1-4-9-18)24-19-12-15-25(16-13-19)22(27)23-14-7-17-28-20-10-5-2-6-11-20/h18-20H,1-17H2,(H,23,27)(H,24,26). The van der Waals surface area contributed by atoms with Gasteiger partial charge in [0.1, 0.15) is 0 Å². The number of nitrogens with zero attached hydrogens (tertiary/aromatic N) is 1. The van der Waals surface area contributed by atoms with Crippen LogP contribution in [0.25, 0.3) is 0 Å². The van der Waals surface area contributed by atoms with Gasteiger partial charge in [-0.15, -0.1) is 0 Å². The highest BCUT2D eigenvalue weighted by Crippen LogP contribution is 2.24. The van der Waals surface area contributed by atoms with E-state index >= 15 is 0 Å². The van der Waals surface area contributed by atoms with Crippen molar-refractivity contribution in [2.75, 3.05) is 26.2 Å². The van der Waals surface area contributed by atoms with Gasteiger partial charge in [0.05, 0.1) is 6.10 Å². The van der Waals surface area contributed by atoms with Gasteiger partial charge in [-0.3, -0.25) is 4.79 Å². The molecule has 3 fully saturated rings. The summed E-state index contributed by atoms with van der Waals surface area (Å²) in [6.07, 6.45) is 15.0. The Kier molecular flexibility index (Phi) is 8.90. The smallest absolute Gasteiger partial charge is 0.317 e. The van der Waals surface area contributed by atoms with Crippen molar-refractivity contribution in [2.45, 2.75) is 95.6 Å². The van der Waals surface area contributed by atoms with Crippen molar-refractivity contribution in [3.63, 3.8) is 0 Å². The number of ether oxygens (including phenoxy) is 1. The fourth-order valence-electron chi connectivity index (χ4n) is 4.77. The second-order valence-corrected chi connectivity index (χ2v) is 8.82. The summed E-state index contributed by atoms with van der Waals surface area (Å²) < 4.78 is 5.91. The molecule has 0 unspecified atom stereocenters. The Morgan fingerprint density at radius 3 is 2.18 bits per heavy atom. The first-order valence-electron chi connectivity index (χ1n) is 11.7. The molecule has 3 aliphatic rings. The predicted molar refractivity (Wildman–Crippen MR) is 110 cm³/mol. The minimum atomic E-state index is 0.0229. The van der Waals surface area contributed by atoms with Gasteiger partial charge in [0.15, 0.2) is 0 Å². The van der Waals surface area contributed by atoms with Gasteiger partial charge in [0.2, 0.25) is 5.91 Å². The number of rotatable bonds is 7. The molecule has 3 amide bonds. The van der Waals surface area contributed by atoms with Crippen LogP contribution in [0.2, 0.25) is 0 Å². The molecule has 0 radical (unpaired) electrons. The number of hydrogen-bond acceptors (Lipinski definition) is 3. The lowest BCUT2D eigenvalue weighted by atomic mass is 9.88. The third kappa shape index (κ3) is 6.94. The first kappa shape index (κ1) is 21.4. The average molecular weight is 394 g/mol. The van der Waals surface area contributed by atoms with Gasteiger partial charge in [0.25, 0.3) is 0 Å². The molecule has 0 aromatic rings. The number of carbonyl (C=O) groups excluding carboxylic acids is 2. The molecule has 2 N–H and O–H groups in total. The maximum atomic E-state index is 12.4. The van der Waals surface area contributed by atoms with Crippen LogP contribution >= 0.6 is 0 Å². The Balaban J connectivity index is 1.23. The first-order chi connectivity index (χ1) is 13.7. The zero-order valence-electron chi connectivity index (χ0n) is 17.4. The molecule has 160 valence electrons. The molecule has 0 atom stereocenters. The van der Waals surface area contributed by atoms with Crippen LogP contribution in [0, 0.1) is 5.92 Å². The Hall–Kier alpha value is -1.30. The molecule has 2 aliphatic carbocycles. The summed E-state index contributed by atoms with van der Waals surface area (Å²) in [6.45, 7) is 2.85. The molecule has 28 heavy (non-hydrogen) atoms. The summed E-state index contributed by atoms with van der Waals surface area (Å²) in [7, 11) is 0. The molecule has 2 saturated carbocycles. The van der Waals surface area contributed by atoms with Gasteiger partial charge < -0.3 is 20.3 Å². The van der Waals surface area contributed by atoms with Gasteiger partial charge in [0, 0.05) is 38.2 Å². The molecule has 3 rings (SSSR count). The minimum absolute atomic E-state index is 0.0229. The molecular weight excluding hydrogens is 354 g/mol. The lowest BCUT2D eigenvalue weighted by Crippen LogP contribution is -2.50. The molecular formula is C22H39N3O3.